The van der Waals surface area contributed by atoms with E-state index in [1.54, 1.807) is 22.3 Å². The van der Waals surface area contributed by atoms with Crippen molar-refractivity contribution in [1.82, 2.24) is 0 Å². The molecular weight excluding hydrogens is 272 g/mol. The van der Waals surface area contributed by atoms with Crippen LogP contribution in [0.4, 0.5) is 0 Å². The monoisotopic (exact) mass is 294 g/mol. The first-order valence-electron chi connectivity index (χ1n) is 6.94. The zero-order valence-electron chi connectivity index (χ0n) is 11.2. The van der Waals surface area contributed by atoms with Gasteiger partial charge < -0.3 is 0 Å². The number of hydrogen-bond donors (Lipinski definition) is 0. The Morgan fingerprint density at radius 2 is 1.82 bits per heavy atom. The predicted molar refractivity (Wildman–Crippen MR) is 79.0 cm³/mol. The highest BCUT2D eigenvalue weighted by Crippen LogP contribution is 2.40. The van der Waals surface area contributed by atoms with Crippen molar-refractivity contribution in [2.24, 2.45) is 5.92 Å². The molecule has 94 valence electrons. The van der Waals surface area contributed by atoms with Gasteiger partial charge in [0.1, 0.15) is 0 Å². The average molecular weight is 295 g/mol. The van der Waals surface area contributed by atoms with Gasteiger partial charge in [0.05, 0.1) is 0 Å². The van der Waals surface area contributed by atoms with E-state index in [0.29, 0.717) is 4.83 Å². The third kappa shape index (κ3) is 2.59. The van der Waals surface area contributed by atoms with Gasteiger partial charge in [0.15, 0.2) is 0 Å². The van der Waals surface area contributed by atoms with Crippen molar-refractivity contribution in [2.45, 2.75) is 57.7 Å². The van der Waals surface area contributed by atoms with Gasteiger partial charge in [-0.05, 0) is 60.3 Å². The van der Waals surface area contributed by atoms with Crippen LogP contribution in [0.25, 0.3) is 0 Å². The fraction of sp³-hybridized carbons (Fsp3) is 0.625. The molecule has 0 heterocycles. The molecule has 0 radical (unpaired) electrons. The highest BCUT2D eigenvalue weighted by Gasteiger charge is 2.24. The Bertz CT molecular complexity index is 395. The minimum atomic E-state index is 0.566. The normalized spacial score (nSPS) is 24.2. The van der Waals surface area contributed by atoms with Crippen LogP contribution in [0.3, 0.4) is 0 Å². The molecule has 0 saturated carbocycles. The Labute approximate surface area is 114 Å². The largest absolute Gasteiger partial charge is 0.0838 e. The zero-order valence-corrected chi connectivity index (χ0v) is 12.8. The van der Waals surface area contributed by atoms with Gasteiger partial charge in [0, 0.05) is 4.83 Å². The maximum absolute atomic E-state index is 3.93. The van der Waals surface area contributed by atoms with Crippen LogP contribution in [-0.2, 0) is 19.3 Å². The van der Waals surface area contributed by atoms with Crippen LogP contribution in [0.1, 0.15) is 60.7 Å². The number of benzene rings is 1. The summed E-state index contributed by atoms with van der Waals surface area (Å²) in [6, 6.07) is 4.70. The number of alkyl halides is 1. The van der Waals surface area contributed by atoms with E-state index >= 15 is 0 Å². The van der Waals surface area contributed by atoms with Crippen molar-refractivity contribution in [3.63, 3.8) is 0 Å². The summed E-state index contributed by atoms with van der Waals surface area (Å²) in [5.74, 6) is 0.834. The summed E-state index contributed by atoms with van der Waals surface area (Å²) in [6.07, 6.45) is 6.22. The smallest absolute Gasteiger partial charge is 0.0403 e. The van der Waals surface area contributed by atoms with Crippen LogP contribution < -0.4 is 0 Å². The Hall–Kier alpha value is -0.300. The Kier molecular flexibility index (Phi) is 4.30. The average Bonchev–Trinajstić information content (AvgIpc) is 2.48. The fourth-order valence-corrected chi connectivity index (χ4v) is 4.27. The van der Waals surface area contributed by atoms with Crippen molar-refractivity contribution in [3.05, 3.63) is 34.4 Å². The van der Waals surface area contributed by atoms with Gasteiger partial charge in [-0.1, -0.05) is 48.8 Å². The maximum atomic E-state index is 3.93. The van der Waals surface area contributed by atoms with Gasteiger partial charge >= 0.3 is 0 Å². The van der Waals surface area contributed by atoms with Gasteiger partial charge in [0.25, 0.3) is 0 Å². The molecule has 0 saturated heterocycles. The van der Waals surface area contributed by atoms with Gasteiger partial charge in [-0.25, -0.2) is 0 Å². The maximum Gasteiger partial charge on any atom is 0.0403 e. The molecule has 0 amide bonds. The summed E-state index contributed by atoms with van der Waals surface area (Å²) in [6.45, 7) is 6.94. The second-order valence-electron chi connectivity index (χ2n) is 5.33. The minimum absolute atomic E-state index is 0.566. The first-order valence-corrected chi connectivity index (χ1v) is 7.86. The standard InChI is InChI=1S/C16H23Br/c1-4-12-7-8-13(5-2)16-14(12)9-6-11(3)10-15(16)17/h7-8,11,15H,4-6,9-10H2,1-3H3. The van der Waals surface area contributed by atoms with Crippen LogP contribution in [-0.4, -0.2) is 0 Å². The molecule has 1 aliphatic rings. The minimum Gasteiger partial charge on any atom is -0.0838 e. The summed E-state index contributed by atoms with van der Waals surface area (Å²) in [4.78, 5) is 0.566. The first kappa shape index (κ1) is 13.1. The molecule has 2 rings (SSSR count). The fourth-order valence-electron chi connectivity index (χ4n) is 3.06. The molecule has 0 fully saturated rings. The number of aryl methyl sites for hydroxylation is 2. The van der Waals surface area contributed by atoms with E-state index in [4.69, 9.17) is 0 Å². The third-order valence-corrected chi connectivity index (χ3v) is 4.95. The van der Waals surface area contributed by atoms with E-state index in [9.17, 15) is 0 Å². The zero-order chi connectivity index (χ0) is 12.4. The van der Waals surface area contributed by atoms with Crippen LogP contribution >= 0.6 is 15.9 Å². The van der Waals surface area contributed by atoms with Crippen LogP contribution in [0.5, 0.6) is 0 Å². The number of halogens is 1. The molecule has 2 atom stereocenters. The topological polar surface area (TPSA) is 0 Å². The second-order valence-corrected chi connectivity index (χ2v) is 6.44. The highest BCUT2D eigenvalue weighted by molar-refractivity contribution is 9.09. The van der Waals surface area contributed by atoms with E-state index in [1.807, 2.05) is 0 Å². The number of hydrogen-bond acceptors (Lipinski definition) is 0. The molecule has 1 aliphatic carbocycles. The number of fused-ring (bicyclic) bond motifs is 1. The molecule has 0 aliphatic heterocycles. The van der Waals surface area contributed by atoms with E-state index in [-0.39, 0.29) is 0 Å². The second kappa shape index (κ2) is 5.56. The van der Waals surface area contributed by atoms with Crippen molar-refractivity contribution >= 4 is 15.9 Å². The van der Waals surface area contributed by atoms with Crippen molar-refractivity contribution in [3.8, 4) is 0 Å². The summed E-state index contributed by atoms with van der Waals surface area (Å²) < 4.78 is 0. The van der Waals surface area contributed by atoms with E-state index in [0.717, 1.165) is 12.3 Å². The third-order valence-electron chi connectivity index (χ3n) is 4.12. The lowest BCUT2D eigenvalue weighted by Crippen LogP contribution is -2.03. The lowest BCUT2D eigenvalue weighted by atomic mass is 9.90. The van der Waals surface area contributed by atoms with Crippen molar-refractivity contribution in [1.29, 1.82) is 0 Å². The molecular formula is C16H23Br. The molecule has 1 aromatic carbocycles. The molecule has 17 heavy (non-hydrogen) atoms. The number of rotatable bonds is 2. The van der Waals surface area contributed by atoms with Gasteiger partial charge in [-0.2, -0.15) is 0 Å². The SMILES string of the molecule is CCc1ccc(CC)c2c1CCC(C)CC2Br. The molecule has 1 aromatic rings. The Morgan fingerprint density at radius 3 is 2.47 bits per heavy atom. The summed E-state index contributed by atoms with van der Waals surface area (Å²) >= 11 is 3.93. The molecule has 0 nitrogen and oxygen atoms in total. The summed E-state index contributed by atoms with van der Waals surface area (Å²) in [5.41, 5.74) is 6.39. The van der Waals surface area contributed by atoms with E-state index in [1.165, 1.54) is 25.7 Å². The Morgan fingerprint density at radius 1 is 1.18 bits per heavy atom. The van der Waals surface area contributed by atoms with Gasteiger partial charge in [-0.15, -0.1) is 0 Å². The summed E-state index contributed by atoms with van der Waals surface area (Å²) in [7, 11) is 0. The molecule has 2 unspecified atom stereocenters. The Balaban J connectivity index is 2.54. The molecule has 0 N–H and O–H groups in total. The first-order chi connectivity index (χ1) is 8.17. The van der Waals surface area contributed by atoms with Crippen molar-refractivity contribution in [2.75, 3.05) is 0 Å². The molecule has 0 aromatic heterocycles. The quantitative estimate of drug-likeness (QED) is 0.518. The molecule has 0 bridgehead atoms. The highest BCUT2D eigenvalue weighted by atomic mass is 79.9. The molecule has 0 spiro atoms. The van der Waals surface area contributed by atoms with Gasteiger partial charge in [0.2, 0.25) is 0 Å². The predicted octanol–water partition coefficient (Wildman–Crippen LogP) is 5.22. The summed E-state index contributed by atoms with van der Waals surface area (Å²) in [5, 5.41) is 0. The van der Waals surface area contributed by atoms with E-state index < -0.39 is 0 Å². The lowest BCUT2D eigenvalue weighted by Gasteiger charge is -2.19. The van der Waals surface area contributed by atoms with E-state index in [2.05, 4.69) is 48.8 Å². The van der Waals surface area contributed by atoms with Gasteiger partial charge in [-0.3, -0.25) is 0 Å². The van der Waals surface area contributed by atoms with Crippen molar-refractivity contribution < 1.29 is 0 Å². The van der Waals surface area contributed by atoms with Crippen LogP contribution in [0, 0.1) is 5.92 Å². The van der Waals surface area contributed by atoms with Crippen LogP contribution in [0.2, 0.25) is 0 Å². The van der Waals surface area contributed by atoms with Crippen LogP contribution in [0.15, 0.2) is 12.1 Å². The molecule has 1 heteroatoms. The lowest BCUT2D eigenvalue weighted by molar-refractivity contribution is 0.507.